The Balaban J connectivity index is 2.33. The van der Waals surface area contributed by atoms with Gasteiger partial charge in [0.15, 0.2) is 0 Å². The number of hydrogen-bond donors (Lipinski definition) is 2. The van der Waals surface area contributed by atoms with Gasteiger partial charge in [-0.15, -0.1) is 0 Å². The molecule has 0 amide bonds. The average molecular weight is 288 g/mol. The van der Waals surface area contributed by atoms with Gasteiger partial charge in [0.1, 0.15) is 11.8 Å². The van der Waals surface area contributed by atoms with Gasteiger partial charge >= 0.3 is 5.97 Å². The van der Waals surface area contributed by atoms with Gasteiger partial charge in [-0.2, -0.15) is 0 Å². The second-order valence-electron chi connectivity index (χ2n) is 5.08. The number of ether oxygens (including phenoxy) is 1. The van der Waals surface area contributed by atoms with Crippen LogP contribution < -0.4 is 5.73 Å². The molecule has 5 heteroatoms. The molecular weight excluding hydrogens is 268 g/mol. The zero-order valence-corrected chi connectivity index (χ0v) is 12.5. The second kappa shape index (κ2) is 6.01. The Morgan fingerprint density at radius 2 is 1.95 bits per heavy atom. The number of aromatic hydroxyl groups is 1. The number of aryl methyl sites for hydroxylation is 1. The van der Waals surface area contributed by atoms with Crippen molar-refractivity contribution in [2.75, 3.05) is 7.11 Å². The van der Waals surface area contributed by atoms with Crippen LogP contribution in [0.4, 0.5) is 0 Å². The summed E-state index contributed by atoms with van der Waals surface area (Å²) in [5.74, 6) is -0.182. The maximum absolute atomic E-state index is 11.4. The lowest BCUT2D eigenvalue weighted by Gasteiger charge is -2.12. The summed E-state index contributed by atoms with van der Waals surface area (Å²) in [6.45, 7) is 3.98. The lowest BCUT2D eigenvalue weighted by molar-refractivity contribution is -0.142. The quantitative estimate of drug-likeness (QED) is 0.842. The maximum atomic E-state index is 11.4. The molecule has 0 saturated carbocycles. The molecule has 0 aliphatic heterocycles. The van der Waals surface area contributed by atoms with Gasteiger partial charge in [-0.3, -0.25) is 4.79 Å². The molecule has 0 aliphatic carbocycles. The minimum atomic E-state index is -0.663. The first-order valence-electron chi connectivity index (χ1n) is 6.74. The number of carbonyl (C=O) groups excluding carboxylic acids is 1. The Bertz CT molecular complexity index is 644. The number of rotatable bonds is 4. The highest BCUT2D eigenvalue weighted by molar-refractivity contribution is 5.75. The summed E-state index contributed by atoms with van der Waals surface area (Å²) in [6, 6.07) is 8.34. The van der Waals surface area contributed by atoms with Gasteiger partial charge in [-0.1, -0.05) is 0 Å². The Hall–Kier alpha value is -2.27. The van der Waals surface area contributed by atoms with E-state index in [9.17, 15) is 9.90 Å². The van der Waals surface area contributed by atoms with E-state index < -0.39 is 12.0 Å². The third-order valence-corrected chi connectivity index (χ3v) is 3.59. The minimum Gasteiger partial charge on any atom is -0.508 e. The zero-order valence-electron chi connectivity index (χ0n) is 12.5. The third kappa shape index (κ3) is 3.08. The largest absolute Gasteiger partial charge is 0.508 e. The monoisotopic (exact) mass is 288 g/mol. The van der Waals surface area contributed by atoms with Crippen molar-refractivity contribution in [2.45, 2.75) is 26.3 Å². The van der Waals surface area contributed by atoms with Gasteiger partial charge in [0.05, 0.1) is 7.11 Å². The van der Waals surface area contributed by atoms with Crippen LogP contribution in [0, 0.1) is 13.8 Å². The Morgan fingerprint density at radius 3 is 2.52 bits per heavy atom. The minimum absolute atomic E-state index is 0.231. The second-order valence-corrected chi connectivity index (χ2v) is 5.08. The van der Waals surface area contributed by atoms with E-state index in [1.807, 2.05) is 32.0 Å². The van der Waals surface area contributed by atoms with Crippen LogP contribution in [-0.4, -0.2) is 28.8 Å². The van der Waals surface area contributed by atoms with Gasteiger partial charge in [-0.05, 0) is 49.7 Å². The van der Waals surface area contributed by atoms with Crippen molar-refractivity contribution in [1.29, 1.82) is 0 Å². The van der Waals surface area contributed by atoms with Crippen molar-refractivity contribution in [3.8, 4) is 11.4 Å². The van der Waals surface area contributed by atoms with E-state index in [4.69, 9.17) is 5.73 Å². The van der Waals surface area contributed by atoms with E-state index in [0.29, 0.717) is 6.42 Å². The van der Waals surface area contributed by atoms with Gasteiger partial charge < -0.3 is 20.1 Å². The van der Waals surface area contributed by atoms with Crippen LogP contribution in [0.1, 0.15) is 17.0 Å². The first-order chi connectivity index (χ1) is 9.93. The topological polar surface area (TPSA) is 77.5 Å². The number of benzene rings is 1. The zero-order chi connectivity index (χ0) is 15.6. The summed E-state index contributed by atoms with van der Waals surface area (Å²) in [5, 5.41) is 9.38. The van der Waals surface area contributed by atoms with Gasteiger partial charge in [0, 0.05) is 23.5 Å². The van der Waals surface area contributed by atoms with Crippen molar-refractivity contribution in [1.82, 2.24) is 4.57 Å². The summed E-state index contributed by atoms with van der Waals surface area (Å²) in [4.78, 5) is 11.4. The van der Waals surface area contributed by atoms with Crippen LogP contribution in [0.5, 0.6) is 5.75 Å². The standard InChI is InChI=1S/C16H20N2O3/c1-10-8-12(9-15(17)16(20)21-3)11(2)18(10)13-4-6-14(19)7-5-13/h4-8,15,19H,9,17H2,1-3H3. The van der Waals surface area contributed by atoms with Crippen LogP contribution >= 0.6 is 0 Å². The van der Waals surface area contributed by atoms with Crippen molar-refractivity contribution in [2.24, 2.45) is 5.73 Å². The summed E-state index contributed by atoms with van der Waals surface area (Å²) in [5.41, 5.74) is 9.87. The van der Waals surface area contributed by atoms with E-state index in [2.05, 4.69) is 9.30 Å². The first kappa shape index (κ1) is 15.1. The van der Waals surface area contributed by atoms with E-state index in [1.54, 1.807) is 12.1 Å². The molecule has 0 fully saturated rings. The number of esters is 1. The number of nitrogens with two attached hydrogens (primary N) is 1. The molecule has 3 N–H and O–H groups in total. The lowest BCUT2D eigenvalue weighted by atomic mass is 10.1. The molecule has 0 radical (unpaired) electrons. The van der Waals surface area contributed by atoms with Crippen molar-refractivity contribution < 1.29 is 14.6 Å². The van der Waals surface area contributed by atoms with E-state index in [-0.39, 0.29) is 5.75 Å². The first-order valence-corrected chi connectivity index (χ1v) is 6.74. The fourth-order valence-corrected chi connectivity index (χ4v) is 2.51. The van der Waals surface area contributed by atoms with Crippen LogP contribution in [-0.2, 0) is 16.0 Å². The number of carbonyl (C=O) groups is 1. The van der Waals surface area contributed by atoms with Crippen molar-refractivity contribution >= 4 is 5.97 Å². The predicted octanol–water partition coefficient (Wildman–Crippen LogP) is 1.84. The van der Waals surface area contributed by atoms with Crippen LogP contribution in [0.25, 0.3) is 5.69 Å². The third-order valence-electron chi connectivity index (χ3n) is 3.59. The normalized spacial score (nSPS) is 12.2. The molecule has 1 atom stereocenters. The summed E-state index contributed by atoms with van der Waals surface area (Å²) >= 11 is 0. The lowest BCUT2D eigenvalue weighted by Crippen LogP contribution is -2.33. The van der Waals surface area contributed by atoms with E-state index >= 15 is 0 Å². The highest BCUT2D eigenvalue weighted by atomic mass is 16.5. The maximum Gasteiger partial charge on any atom is 0.322 e. The average Bonchev–Trinajstić information content (AvgIpc) is 2.74. The number of hydrogen-bond acceptors (Lipinski definition) is 4. The molecule has 1 aromatic carbocycles. The molecule has 0 spiro atoms. The number of nitrogens with zero attached hydrogens (tertiary/aromatic N) is 1. The van der Waals surface area contributed by atoms with E-state index in [1.165, 1.54) is 7.11 Å². The molecule has 112 valence electrons. The molecule has 1 unspecified atom stereocenters. The molecule has 0 aliphatic rings. The SMILES string of the molecule is COC(=O)C(N)Cc1cc(C)n(-c2ccc(O)cc2)c1C. The number of phenols is 1. The summed E-state index contributed by atoms with van der Waals surface area (Å²) in [6.07, 6.45) is 0.435. The van der Waals surface area contributed by atoms with Crippen molar-refractivity contribution in [3.63, 3.8) is 0 Å². The fraction of sp³-hybridized carbons (Fsp3) is 0.312. The number of aromatic nitrogens is 1. The van der Waals surface area contributed by atoms with Crippen LogP contribution in [0.2, 0.25) is 0 Å². The summed E-state index contributed by atoms with van der Waals surface area (Å²) < 4.78 is 6.73. The van der Waals surface area contributed by atoms with E-state index in [0.717, 1.165) is 22.6 Å². The summed E-state index contributed by atoms with van der Waals surface area (Å²) in [7, 11) is 1.34. The molecule has 1 heterocycles. The molecule has 2 aromatic rings. The fourth-order valence-electron chi connectivity index (χ4n) is 2.51. The molecule has 0 saturated heterocycles. The highest BCUT2D eigenvalue weighted by Gasteiger charge is 2.18. The number of phenolic OH excluding ortho intramolecular Hbond substituents is 1. The molecule has 5 nitrogen and oxygen atoms in total. The highest BCUT2D eigenvalue weighted by Crippen LogP contribution is 2.23. The van der Waals surface area contributed by atoms with Crippen molar-refractivity contribution in [3.05, 3.63) is 47.3 Å². The molecule has 0 bridgehead atoms. The Labute approximate surface area is 124 Å². The van der Waals surface area contributed by atoms with Gasteiger partial charge in [-0.25, -0.2) is 0 Å². The molecular formula is C16H20N2O3. The smallest absolute Gasteiger partial charge is 0.322 e. The molecule has 21 heavy (non-hydrogen) atoms. The van der Waals surface area contributed by atoms with Crippen LogP contribution in [0.3, 0.4) is 0 Å². The van der Waals surface area contributed by atoms with Crippen LogP contribution in [0.15, 0.2) is 30.3 Å². The number of methoxy groups -OCH3 is 1. The molecule has 2 rings (SSSR count). The van der Waals surface area contributed by atoms with Gasteiger partial charge in [0.2, 0.25) is 0 Å². The molecule has 1 aromatic heterocycles. The Kier molecular flexibility index (Phi) is 4.33. The predicted molar refractivity (Wildman–Crippen MR) is 80.6 cm³/mol. The Morgan fingerprint density at radius 1 is 1.33 bits per heavy atom. The van der Waals surface area contributed by atoms with Gasteiger partial charge in [0.25, 0.3) is 0 Å².